The summed E-state index contributed by atoms with van der Waals surface area (Å²) in [5.41, 5.74) is 0. The lowest BCUT2D eigenvalue weighted by Gasteiger charge is -2.25. The fraction of sp³-hybridized carbons (Fsp3) is 1.00. The van der Waals surface area contributed by atoms with Gasteiger partial charge in [-0.05, 0) is 25.9 Å². The molecule has 0 aliphatic heterocycles. The standard InChI is InChI=1S/C11H23F3N2O/c1-3-6-16(9-11(12,13)14)7-5-10(8-17)15-4-2/h10,15,17H,3-9H2,1-2H3. The number of alkyl halides is 3. The van der Waals surface area contributed by atoms with E-state index in [9.17, 15) is 13.2 Å². The highest BCUT2D eigenvalue weighted by Crippen LogP contribution is 2.16. The van der Waals surface area contributed by atoms with E-state index in [1.807, 2.05) is 13.8 Å². The van der Waals surface area contributed by atoms with Crippen molar-refractivity contribution in [2.75, 3.05) is 32.8 Å². The first kappa shape index (κ1) is 16.7. The SMILES string of the molecule is CCCN(CCC(CO)NCC)CC(F)(F)F. The van der Waals surface area contributed by atoms with Crippen LogP contribution >= 0.6 is 0 Å². The Balaban J connectivity index is 4.06. The second-order valence-corrected chi connectivity index (χ2v) is 4.12. The highest BCUT2D eigenvalue weighted by Gasteiger charge is 2.30. The fourth-order valence-corrected chi connectivity index (χ4v) is 1.72. The molecule has 1 unspecified atom stereocenters. The Bertz CT molecular complexity index is 188. The van der Waals surface area contributed by atoms with Gasteiger partial charge in [0, 0.05) is 12.6 Å². The maximum Gasteiger partial charge on any atom is 0.401 e. The summed E-state index contributed by atoms with van der Waals surface area (Å²) in [7, 11) is 0. The van der Waals surface area contributed by atoms with Gasteiger partial charge in [-0.2, -0.15) is 13.2 Å². The lowest BCUT2D eigenvalue weighted by atomic mass is 10.2. The van der Waals surface area contributed by atoms with E-state index in [0.29, 0.717) is 32.5 Å². The number of halogens is 3. The molecule has 0 aliphatic carbocycles. The first-order valence-corrected chi connectivity index (χ1v) is 6.06. The van der Waals surface area contributed by atoms with Gasteiger partial charge >= 0.3 is 6.18 Å². The molecule has 0 spiro atoms. The molecule has 2 N–H and O–H groups in total. The van der Waals surface area contributed by atoms with Gasteiger partial charge in [0.15, 0.2) is 0 Å². The molecule has 0 fully saturated rings. The second kappa shape index (κ2) is 8.72. The summed E-state index contributed by atoms with van der Waals surface area (Å²) in [5.74, 6) is 0. The summed E-state index contributed by atoms with van der Waals surface area (Å²) in [6.45, 7) is 4.35. The largest absolute Gasteiger partial charge is 0.401 e. The Morgan fingerprint density at radius 2 is 1.88 bits per heavy atom. The summed E-state index contributed by atoms with van der Waals surface area (Å²) in [6.07, 6.45) is -2.93. The minimum Gasteiger partial charge on any atom is -0.395 e. The molecular weight excluding hydrogens is 233 g/mol. The Morgan fingerprint density at radius 3 is 2.29 bits per heavy atom. The van der Waals surface area contributed by atoms with Crippen molar-refractivity contribution >= 4 is 0 Å². The predicted molar refractivity (Wildman–Crippen MR) is 62.0 cm³/mol. The van der Waals surface area contributed by atoms with Crippen LogP contribution in [0.25, 0.3) is 0 Å². The van der Waals surface area contributed by atoms with E-state index in [4.69, 9.17) is 5.11 Å². The molecule has 0 bridgehead atoms. The first-order chi connectivity index (χ1) is 7.92. The third-order valence-corrected chi connectivity index (χ3v) is 2.45. The second-order valence-electron chi connectivity index (χ2n) is 4.12. The van der Waals surface area contributed by atoms with Gasteiger partial charge in [-0.1, -0.05) is 13.8 Å². The molecule has 0 saturated carbocycles. The van der Waals surface area contributed by atoms with Gasteiger partial charge in [-0.15, -0.1) is 0 Å². The van der Waals surface area contributed by atoms with Crippen LogP contribution in [0.15, 0.2) is 0 Å². The van der Waals surface area contributed by atoms with Gasteiger partial charge in [0.05, 0.1) is 13.2 Å². The molecule has 0 heterocycles. The van der Waals surface area contributed by atoms with E-state index in [1.54, 1.807) is 0 Å². The van der Waals surface area contributed by atoms with E-state index < -0.39 is 12.7 Å². The Morgan fingerprint density at radius 1 is 1.24 bits per heavy atom. The molecule has 0 aliphatic rings. The van der Waals surface area contributed by atoms with Gasteiger partial charge < -0.3 is 10.4 Å². The van der Waals surface area contributed by atoms with E-state index in [-0.39, 0.29) is 12.6 Å². The van der Waals surface area contributed by atoms with Crippen LogP contribution in [0.3, 0.4) is 0 Å². The molecule has 17 heavy (non-hydrogen) atoms. The zero-order chi connectivity index (χ0) is 13.3. The summed E-state index contributed by atoms with van der Waals surface area (Å²) >= 11 is 0. The van der Waals surface area contributed by atoms with E-state index in [1.165, 1.54) is 4.90 Å². The minimum atomic E-state index is -4.15. The van der Waals surface area contributed by atoms with Crippen molar-refractivity contribution in [2.24, 2.45) is 0 Å². The Hall–Kier alpha value is -0.330. The number of aliphatic hydroxyl groups is 1. The third-order valence-electron chi connectivity index (χ3n) is 2.45. The van der Waals surface area contributed by atoms with Crippen LogP contribution in [0.4, 0.5) is 13.2 Å². The summed E-state index contributed by atoms with van der Waals surface area (Å²) in [4.78, 5) is 1.39. The molecule has 1 atom stereocenters. The van der Waals surface area contributed by atoms with Crippen LogP contribution in [0, 0.1) is 0 Å². The van der Waals surface area contributed by atoms with Crippen molar-refractivity contribution in [3.63, 3.8) is 0 Å². The zero-order valence-corrected chi connectivity index (χ0v) is 10.6. The average molecular weight is 256 g/mol. The summed E-state index contributed by atoms with van der Waals surface area (Å²) in [6, 6.07) is -0.118. The Labute approximate surface area is 101 Å². The molecule has 0 aromatic carbocycles. The minimum absolute atomic E-state index is 0.0418. The van der Waals surface area contributed by atoms with Crippen molar-refractivity contribution in [1.29, 1.82) is 0 Å². The van der Waals surface area contributed by atoms with Crippen LogP contribution in [0.2, 0.25) is 0 Å². The molecular formula is C11H23F3N2O. The number of nitrogens with one attached hydrogen (secondary N) is 1. The molecule has 0 rings (SSSR count). The van der Waals surface area contributed by atoms with Gasteiger partial charge in [0.2, 0.25) is 0 Å². The van der Waals surface area contributed by atoms with Gasteiger partial charge in [-0.3, -0.25) is 4.90 Å². The summed E-state index contributed by atoms with van der Waals surface area (Å²) < 4.78 is 36.8. The normalized spacial score (nSPS) is 14.3. The van der Waals surface area contributed by atoms with Crippen LogP contribution in [-0.4, -0.2) is 55.0 Å². The van der Waals surface area contributed by atoms with Gasteiger partial charge in [0.25, 0.3) is 0 Å². The smallest absolute Gasteiger partial charge is 0.395 e. The number of rotatable bonds is 9. The highest BCUT2D eigenvalue weighted by atomic mass is 19.4. The lowest BCUT2D eigenvalue weighted by Crippen LogP contribution is -2.40. The molecule has 0 amide bonds. The molecule has 6 heteroatoms. The Kier molecular flexibility index (Phi) is 8.55. The average Bonchev–Trinajstić information content (AvgIpc) is 2.22. The molecule has 0 aromatic heterocycles. The van der Waals surface area contributed by atoms with Crippen LogP contribution in [0.5, 0.6) is 0 Å². The van der Waals surface area contributed by atoms with Crippen molar-refractivity contribution in [3.05, 3.63) is 0 Å². The molecule has 3 nitrogen and oxygen atoms in total. The molecule has 0 aromatic rings. The molecule has 104 valence electrons. The lowest BCUT2D eigenvalue weighted by molar-refractivity contribution is -0.146. The monoisotopic (exact) mass is 256 g/mol. The van der Waals surface area contributed by atoms with Crippen LogP contribution in [0.1, 0.15) is 26.7 Å². The van der Waals surface area contributed by atoms with Crippen LogP contribution < -0.4 is 5.32 Å². The number of hydrogen-bond donors (Lipinski definition) is 2. The number of likely N-dealkylation sites (N-methyl/N-ethyl adjacent to an activating group) is 1. The van der Waals surface area contributed by atoms with Crippen LogP contribution in [-0.2, 0) is 0 Å². The molecule has 0 saturated heterocycles. The first-order valence-electron chi connectivity index (χ1n) is 6.06. The zero-order valence-electron chi connectivity index (χ0n) is 10.6. The van der Waals surface area contributed by atoms with E-state index >= 15 is 0 Å². The number of hydrogen-bond acceptors (Lipinski definition) is 3. The maximum atomic E-state index is 12.3. The highest BCUT2D eigenvalue weighted by molar-refractivity contribution is 4.69. The van der Waals surface area contributed by atoms with Crippen molar-refractivity contribution in [1.82, 2.24) is 10.2 Å². The van der Waals surface area contributed by atoms with Crippen molar-refractivity contribution in [2.45, 2.75) is 38.9 Å². The number of aliphatic hydroxyl groups excluding tert-OH is 1. The summed E-state index contributed by atoms with van der Waals surface area (Å²) in [5, 5.41) is 12.1. The quantitative estimate of drug-likeness (QED) is 0.658. The fourth-order valence-electron chi connectivity index (χ4n) is 1.72. The van der Waals surface area contributed by atoms with Crippen molar-refractivity contribution < 1.29 is 18.3 Å². The predicted octanol–water partition coefficient (Wildman–Crippen LogP) is 1.62. The van der Waals surface area contributed by atoms with Gasteiger partial charge in [0.1, 0.15) is 0 Å². The maximum absolute atomic E-state index is 12.3. The third kappa shape index (κ3) is 9.38. The number of nitrogens with zero attached hydrogens (tertiary/aromatic N) is 1. The topological polar surface area (TPSA) is 35.5 Å². The van der Waals surface area contributed by atoms with E-state index in [2.05, 4.69) is 5.32 Å². The van der Waals surface area contributed by atoms with E-state index in [0.717, 1.165) is 0 Å². The van der Waals surface area contributed by atoms with Gasteiger partial charge in [-0.25, -0.2) is 0 Å². The molecule has 0 radical (unpaired) electrons. The van der Waals surface area contributed by atoms with Crippen molar-refractivity contribution in [3.8, 4) is 0 Å².